The van der Waals surface area contributed by atoms with Crippen LogP contribution in [0.1, 0.15) is 31.7 Å². The Kier molecular flexibility index (Phi) is 6.76. The third kappa shape index (κ3) is 5.69. The van der Waals surface area contributed by atoms with E-state index >= 15 is 0 Å². The van der Waals surface area contributed by atoms with Crippen molar-refractivity contribution in [1.29, 1.82) is 0 Å². The molecule has 2 heterocycles. The van der Waals surface area contributed by atoms with Crippen molar-refractivity contribution < 1.29 is 13.2 Å². The van der Waals surface area contributed by atoms with Crippen LogP contribution in [0.3, 0.4) is 0 Å². The molecule has 1 aromatic carbocycles. The molecule has 3 rings (SSSR count). The van der Waals surface area contributed by atoms with Crippen LogP contribution >= 0.6 is 0 Å². The quantitative estimate of drug-likeness (QED) is 0.436. The Morgan fingerprint density at radius 1 is 1.30 bits per heavy atom. The molecule has 27 heavy (non-hydrogen) atoms. The molecular weight excluding hydrogens is 362 g/mol. The Balaban J connectivity index is 1.50. The number of guanidine groups is 1. The van der Waals surface area contributed by atoms with Crippen LogP contribution in [0.15, 0.2) is 35.3 Å². The van der Waals surface area contributed by atoms with E-state index in [4.69, 9.17) is 4.74 Å². The summed E-state index contributed by atoms with van der Waals surface area (Å²) in [5.41, 5.74) is 1.13. The summed E-state index contributed by atoms with van der Waals surface area (Å²) in [6.07, 6.45) is 2.82. The number of benzene rings is 1. The van der Waals surface area contributed by atoms with Gasteiger partial charge in [0.25, 0.3) is 0 Å². The minimum absolute atomic E-state index is 0.103. The van der Waals surface area contributed by atoms with Crippen molar-refractivity contribution in [3.63, 3.8) is 0 Å². The van der Waals surface area contributed by atoms with Gasteiger partial charge in [-0.15, -0.1) is 0 Å². The lowest BCUT2D eigenvalue weighted by atomic mass is 9.87. The van der Waals surface area contributed by atoms with Crippen molar-refractivity contribution in [3.05, 3.63) is 35.9 Å². The second-order valence-corrected chi connectivity index (χ2v) is 9.83. The highest BCUT2D eigenvalue weighted by molar-refractivity contribution is 7.90. The molecule has 0 bridgehead atoms. The van der Waals surface area contributed by atoms with Crippen LogP contribution in [-0.2, 0) is 20.3 Å². The van der Waals surface area contributed by atoms with Crippen molar-refractivity contribution in [2.45, 2.75) is 31.9 Å². The van der Waals surface area contributed by atoms with Crippen LogP contribution in [0, 0.1) is 5.41 Å². The summed E-state index contributed by atoms with van der Waals surface area (Å²) in [4.78, 5) is 6.99. The van der Waals surface area contributed by atoms with Crippen LogP contribution in [-0.4, -0.2) is 64.4 Å². The fourth-order valence-electron chi connectivity index (χ4n) is 3.88. The molecule has 2 aliphatic rings. The molecule has 1 unspecified atom stereocenters. The van der Waals surface area contributed by atoms with Crippen molar-refractivity contribution in [3.8, 4) is 0 Å². The van der Waals surface area contributed by atoms with Crippen LogP contribution < -0.4 is 5.32 Å². The summed E-state index contributed by atoms with van der Waals surface area (Å²) in [5.74, 6) is 1.18. The van der Waals surface area contributed by atoms with Gasteiger partial charge in [0.05, 0.1) is 18.1 Å². The number of hydrogen-bond donors (Lipinski definition) is 1. The average Bonchev–Trinajstić information content (AvgIpc) is 3.28. The van der Waals surface area contributed by atoms with Gasteiger partial charge in [0, 0.05) is 38.2 Å². The summed E-state index contributed by atoms with van der Waals surface area (Å²) >= 11 is 0. The number of nitrogens with one attached hydrogen (secondary N) is 1. The van der Waals surface area contributed by atoms with Gasteiger partial charge in [-0.1, -0.05) is 30.3 Å². The Hall–Kier alpha value is -1.60. The molecule has 0 saturated carbocycles. The average molecular weight is 394 g/mol. The minimum Gasteiger partial charge on any atom is -0.381 e. The van der Waals surface area contributed by atoms with E-state index in [0.29, 0.717) is 13.0 Å². The fourth-order valence-corrected chi connectivity index (χ4v) is 5.30. The Morgan fingerprint density at radius 2 is 2.11 bits per heavy atom. The van der Waals surface area contributed by atoms with E-state index in [9.17, 15) is 8.42 Å². The van der Waals surface area contributed by atoms with Gasteiger partial charge in [-0.3, -0.25) is 4.99 Å². The molecule has 0 aromatic heterocycles. The number of likely N-dealkylation sites (tertiary alicyclic amines) is 1. The first kappa shape index (κ1) is 20.1. The van der Waals surface area contributed by atoms with Crippen molar-refractivity contribution in [2.75, 3.05) is 45.1 Å². The molecule has 1 atom stereocenters. The molecule has 0 radical (unpaired) electrons. The minimum atomic E-state index is -3.10. The summed E-state index contributed by atoms with van der Waals surface area (Å²) in [6, 6.07) is 9.35. The molecule has 2 aliphatic heterocycles. The smallest absolute Gasteiger partial charge is 0.193 e. The van der Waals surface area contributed by atoms with Gasteiger partial charge in [-0.25, -0.2) is 8.42 Å². The second-order valence-electron chi connectivity index (χ2n) is 7.64. The maximum Gasteiger partial charge on any atom is 0.193 e. The molecule has 0 amide bonds. The zero-order chi connectivity index (χ0) is 19.2. The Bertz CT molecular complexity index is 728. The highest BCUT2D eigenvalue weighted by atomic mass is 32.2. The van der Waals surface area contributed by atoms with Gasteiger partial charge in [-0.2, -0.15) is 0 Å². The van der Waals surface area contributed by atoms with Gasteiger partial charge in [0.2, 0.25) is 0 Å². The zero-order valence-electron chi connectivity index (χ0n) is 16.2. The molecule has 0 aliphatic carbocycles. The van der Waals surface area contributed by atoms with E-state index in [1.165, 1.54) is 0 Å². The number of ether oxygens (including phenoxy) is 1. The first-order chi connectivity index (χ1) is 13.0. The molecule has 7 heteroatoms. The lowest BCUT2D eigenvalue weighted by Gasteiger charge is -2.25. The number of nitrogens with zero attached hydrogens (tertiary/aromatic N) is 2. The zero-order valence-corrected chi connectivity index (χ0v) is 17.0. The molecule has 150 valence electrons. The fraction of sp³-hybridized carbons (Fsp3) is 0.650. The molecule has 2 fully saturated rings. The topological polar surface area (TPSA) is 71.0 Å². The molecular formula is C20H31N3O3S. The van der Waals surface area contributed by atoms with E-state index in [2.05, 4.69) is 22.1 Å². The third-order valence-electron chi connectivity index (χ3n) is 5.36. The van der Waals surface area contributed by atoms with Crippen LogP contribution in [0.2, 0.25) is 0 Å². The number of sulfone groups is 1. The van der Waals surface area contributed by atoms with E-state index in [-0.39, 0.29) is 16.9 Å². The summed E-state index contributed by atoms with van der Waals surface area (Å²) in [5, 5.41) is 3.35. The predicted octanol–water partition coefficient (Wildman–Crippen LogP) is 2.07. The predicted molar refractivity (Wildman–Crippen MR) is 109 cm³/mol. The molecule has 1 spiro atoms. The second kappa shape index (κ2) is 9.06. The summed E-state index contributed by atoms with van der Waals surface area (Å²) < 4.78 is 30.2. The van der Waals surface area contributed by atoms with E-state index in [1.54, 1.807) is 0 Å². The third-order valence-corrected chi connectivity index (χ3v) is 7.05. The molecule has 2 saturated heterocycles. The van der Waals surface area contributed by atoms with E-state index < -0.39 is 9.84 Å². The van der Waals surface area contributed by atoms with Crippen LogP contribution in [0.4, 0.5) is 0 Å². The lowest BCUT2D eigenvalue weighted by molar-refractivity contribution is 0.156. The summed E-state index contributed by atoms with van der Waals surface area (Å²) in [7, 11) is -3.10. The monoisotopic (exact) mass is 393 g/mol. The normalized spacial score (nSPS) is 23.3. The first-order valence-electron chi connectivity index (χ1n) is 9.87. The highest BCUT2D eigenvalue weighted by Gasteiger charge is 2.42. The number of rotatable bonds is 7. The maximum atomic E-state index is 12.3. The van der Waals surface area contributed by atoms with Crippen molar-refractivity contribution in [1.82, 2.24) is 10.2 Å². The number of hydrogen-bond acceptors (Lipinski definition) is 4. The van der Waals surface area contributed by atoms with Gasteiger partial charge < -0.3 is 15.0 Å². The van der Waals surface area contributed by atoms with Gasteiger partial charge in [-0.05, 0) is 31.7 Å². The molecule has 1 aromatic rings. The molecule has 1 N–H and O–H groups in total. The largest absolute Gasteiger partial charge is 0.381 e. The van der Waals surface area contributed by atoms with Gasteiger partial charge in [0.1, 0.15) is 0 Å². The maximum absolute atomic E-state index is 12.3. The van der Waals surface area contributed by atoms with E-state index in [0.717, 1.165) is 57.2 Å². The Morgan fingerprint density at radius 3 is 2.81 bits per heavy atom. The highest BCUT2D eigenvalue weighted by Crippen LogP contribution is 2.38. The van der Waals surface area contributed by atoms with Crippen molar-refractivity contribution in [2.24, 2.45) is 10.4 Å². The van der Waals surface area contributed by atoms with Crippen LogP contribution in [0.25, 0.3) is 0 Å². The number of aliphatic imine (C=N–C) groups is 1. The van der Waals surface area contributed by atoms with Crippen molar-refractivity contribution >= 4 is 15.8 Å². The Labute approximate surface area is 162 Å². The van der Waals surface area contributed by atoms with Crippen LogP contribution in [0.5, 0.6) is 0 Å². The van der Waals surface area contributed by atoms with E-state index in [1.807, 2.05) is 30.3 Å². The van der Waals surface area contributed by atoms with Gasteiger partial charge >= 0.3 is 0 Å². The van der Waals surface area contributed by atoms with Gasteiger partial charge in [0.15, 0.2) is 15.8 Å². The SMILES string of the molecule is CCNC(=NCCCS(=O)(=O)Cc1ccccc1)N1CCC2(CCOC2)C1. The molecule has 6 nitrogen and oxygen atoms in total. The first-order valence-corrected chi connectivity index (χ1v) is 11.7. The summed E-state index contributed by atoms with van der Waals surface area (Å²) in [6.45, 7) is 7.07. The lowest BCUT2D eigenvalue weighted by Crippen LogP contribution is -2.41. The standard InChI is InChI=1S/C20H31N3O3S/c1-2-21-19(23-12-9-20(16-23)10-13-26-17-20)22-11-6-14-27(24,25)15-18-7-4-3-5-8-18/h3-5,7-8H,2,6,9-17H2,1H3,(H,21,22).